The average Bonchev–Trinajstić information content (AvgIpc) is 2.20. The van der Waals surface area contributed by atoms with Gasteiger partial charge in [-0.3, -0.25) is 0 Å². The van der Waals surface area contributed by atoms with Gasteiger partial charge in [-0.05, 0) is 31.2 Å². The van der Waals surface area contributed by atoms with Crippen LogP contribution in [0.3, 0.4) is 0 Å². The summed E-state index contributed by atoms with van der Waals surface area (Å²) in [5, 5.41) is 9.31. The van der Waals surface area contributed by atoms with Gasteiger partial charge in [0, 0.05) is 11.6 Å². The quantitative estimate of drug-likeness (QED) is 0.612. The molecule has 0 spiro atoms. The summed E-state index contributed by atoms with van der Waals surface area (Å²) in [7, 11) is 0. The Kier molecular flexibility index (Phi) is 3.85. The van der Waals surface area contributed by atoms with Gasteiger partial charge in [-0.1, -0.05) is 0 Å². The number of rotatable bonds is 3. The number of carbonyl (C=O) groups is 1. The van der Waals surface area contributed by atoms with Crippen LogP contribution in [0.1, 0.15) is 12.5 Å². The second-order valence-electron chi connectivity index (χ2n) is 2.79. The third kappa shape index (κ3) is 3.42. The predicted octanol–water partition coefficient (Wildman–Crippen LogP) is 2.11. The van der Waals surface area contributed by atoms with Crippen molar-refractivity contribution in [3.63, 3.8) is 0 Å². The summed E-state index contributed by atoms with van der Waals surface area (Å²) in [6.45, 7) is 1.96. The molecular formula is C11H11FO3. The first-order chi connectivity index (χ1) is 7.13. The normalized spacial score (nSPS) is 10.5. The van der Waals surface area contributed by atoms with E-state index in [1.54, 1.807) is 6.92 Å². The summed E-state index contributed by atoms with van der Waals surface area (Å²) in [5.74, 6) is -1.09. The van der Waals surface area contributed by atoms with Gasteiger partial charge in [0.15, 0.2) is 0 Å². The average molecular weight is 209 g/mol. The van der Waals surface area contributed by atoms with Crippen LogP contribution in [0, 0.1) is 5.82 Å². The zero-order valence-electron chi connectivity index (χ0n) is 8.24. The highest BCUT2D eigenvalue weighted by Crippen LogP contribution is 2.19. The molecule has 0 unspecified atom stereocenters. The second-order valence-corrected chi connectivity index (χ2v) is 2.79. The number of phenols is 1. The first kappa shape index (κ1) is 11.2. The zero-order chi connectivity index (χ0) is 11.3. The molecule has 0 saturated heterocycles. The monoisotopic (exact) mass is 209 g/mol. The summed E-state index contributed by atoms with van der Waals surface area (Å²) in [6.07, 6.45) is 2.44. The maximum Gasteiger partial charge on any atom is 0.330 e. The van der Waals surface area contributed by atoms with Crippen LogP contribution in [0.25, 0.3) is 6.08 Å². The standard InChI is InChI=1S/C11H11FO3/c1-2-15-11(14)6-3-8-7-9(12)4-5-10(8)13/h3-7,13H,2H2,1H3/b6-3+/i12-1. The van der Waals surface area contributed by atoms with Gasteiger partial charge in [0.05, 0.1) is 6.61 Å². The van der Waals surface area contributed by atoms with Crippen molar-refractivity contribution in [1.29, 1.82) is 0 Å². The molecule has 0 amide bonds. The van der Waals surface area contributed by atoms with Crippen LogP contribution in [-0.2, 0) is 9.53 Å². The molecule has 0 atom stereocenters. The molecular weight excluding hydrogens is 198 g/mol. The smallest absolute Gasteiger partial charge is 0.330 e. The number of benzene rings is 1. The topological polar surface area (TPSA) is 46.5 Å². The second kappa shape index (κ2) is 5.14. The van der Waals surface area contributed by atoms with Gasteiger partial charge in [0.1, 0.15) is 11.6 Å². The summed E-state index contributed by atoms with van der Waals surface area (Å²) in [4.78, 5) is 10.9. The summed E-state index contributed by atoms with van der Waals surface area (Å²) in [5.41, 5.74) is 0.239. The van der Waals surface area contributed by atoms with E-state index in [0.717, 1.165) is 18.2 Å². The highest BCUT2D eigenvalue weighted by molar-refractivity contribution is 5.87. The Balaban J connectivity index is 2.79. The van der Waals surface area contributed by atoms with Crippen molar-refractivity contribution < 1.29 is 19.0 Å². The molecule has 3 nitrogen and oxygen atoms in total. The largest absolute Gasteiger partial charge is 0.507 e. The molecule has 0 aliphatic carbocycles. The van der Waals surface area contributed by atoms with Crippen LogP contribution in [0.2, 0.25) is 0 Å². The van der Waals surface area contributed by atoms with Crippen molar-refractivity contribution in [3.05, 3.63) is 35.7 Å². The molecule has 0 radical (unpaired) electrons. The lowest BCUT2D eigenvalue weighted by atomic mass is 10.2. The van der Waals surface area contributed by atoms with Gasteiger partial charge in [-0.15, -0.1) is 0 Å². The Bertz CT molecular complexity index is 385. The van der Waals surface area contributed by atoms with E-state index in [1.165, 1.54) is 12.1 Å². The Morgan fingerprint density at radius 3 is 3.00 bits per heavy atom. The Labute approximate surface area is 86.8 Å². The van der Waals surface area contributed by atoms with Crippen LogP contribution >= 0.6 is 0 Å². The van der Waals surface area contributed by atoms with Crippen LogP contribution in [0.5, 0.6) is 5.75 Å². The van der Waals surface area contributed by atoms with E-state index in [-0.39, 0.29) is 17.9 Å². The minimum Gasteiger partial charge on any atom is -0.507 e. The Morgan fingerprint density at radius 2 is 2.33 bits per heavy atom. The van der Waals surface area contributed by atoms with E-state index >= 15 is 0 Å². The lowest BCUT2D eigenvalue weighted by Gasteiger charge is -1.98. The fourth-order valence-corrected chi connectivity index (χ4v) is 1.01. The molecule has 1 rings (SSSR count). The third-order valence-corrected chi connectivity index (χ3v) is 1.68. The SMILES string of the molecule is CCOC(=O)/C=C/c1cc([18F])ccc1O. The molecule has 0 aliphatic heterocycles. The highest BCUT2D eigenvalue weighted by atomic mass is 18.2. The first-order valence-electron chi connectivity index (χ1n) is 4.47. The Morgan fingerprint density at radius 1 is 1.60 bits per heavy atom. The van der Waals surface area contributed by atoms with E-state index < -0.39 is 11.8 Å². The molecule has 1 aromatic carbocycles. The molecule has 1 aromatic rings. The van der Waals surface area contributed by atoms with Crippen molar-refractivity contribution in [2.24, 2.45) is 0 Å². The van der Waals surface area contributed by atoms with E-state index in [9.17, 15) is 14.3 Å². The van der Waals surface area contributed by atoms with Crippen molar-refractivity contribution in [2.75, 3.05) is 6.61 Å². The minimum atomic E-state index is -0.527. The van der Waals surface area contributed by atoms with Crippen molar-refractivity contribution in [1.82, 2.24) is 0 Å². The molecule has 0 aliphatic rings. The number of halogens is 1. The molecule has 0 fully saturated rings. The number of carbonyl (C=O) groups excluding carboxylic acids is 1. The first-order valence-corrected chi connectivity index (χ1v) is 4.47. The van der Waals surface area contributed by atoms with Gasteiger partial charge in [-0.25, -0.2) is 9.18 Å². The van der Waals surface area contributed by atoms with Gasteiger partial charge >= 0.3 is 5.97 Å². The number of ether oxygens (including phenoxy) is 1. The predicted molar refractivity (Wildman–Crippen MR) is 53.7 cm³/mol. The number of aromatic hydroxyl groups is 1. The molecule has 0 aromatic heterocycles. The molecule has 15 heavy (non-hydrogen) atoms. The van der Waals surface area contributed by atoms with Gasteiger partial charge in [-0.2, -0.15) is 0 Å². The van der Waals surface area contributed by atoms with Crippen molar-refractivity contribution in [3.8, 4) is 5.75 Å². The van der Waals surface area contributed by atoms with Gasteiger partial charge in [0.25, 0.3) is 0 Å². The van der Waals surface area contributed by atoms with Crippen molar-refractivity contribution >= 4 is 12.0 Å². The lowest BCUT2D eigenvalue weighted by Crippen LogP contribution is -1.98. The van der Waals surface area contributed by atoms with E-state index in [1.807, 2.05) is 0 Å². The molecule has 1 N–H and O–H groups in total. The van der Waals surface area contributed by atoms with Crippen molar-refractivity contribution in [2.45, 2.75) is 6.92 Å². The van der Waals surface area contributed by atoms with Gasteiger partial charge in [0.2, 0.25) is 0 Å². The summed E-state index contributed by atoms with van der Waals surface area (Å²) >= 11 is 0. The number of phenolic OH excluding ortho intramolecular Hbond substituents is 1. The summed E-state index contributed by atoms with van der Waals surface area (Å²) < 4.78 is 17.4. The molecule has 80 valence electrons. The van der Waals surface area contributed by atoms with E-state index in [0.29, 0.717) is 0 Å². The minimum absolute atomic E-state index is 0.0862. The van der Waals surface area contributed by atoms with Crippen LogP contribution < -0.4 is 0 Å². The fourth-order valence-electron chi connectivity index (χ4n) is 1.01. The Hall–Kier alpha value is -1.84. The molecule has 0 heterocycles. The summed E-state index contributed by atoms with van der Waals surface area (Å²) in [6, 6.07) is 3.49. The maximum absolute atomic E-state index is 12.8. The molecule has 0 saturated carbocycles. The lowest BCUT2D eigenvalue weighted by molar-refractivity contribution is -0.137. The van der Waals surface area contributed by atoms with E-state index in [2.05, 4.69) is 4.74 Å². The van der Waals surface area contributed by atoms with E-state index in [4.69, 9.17) is 0 Å². The number of esters is 1. The third-order valence-electron chi connectivity index (χ3n) is 1.68. The van der Waals surface area contributed by atoms with Crippen LogP contribution in [0.15, 0.2) is 24.3 Å². The van der Waals surface area contributed by atoms with Gasteiger partial charge < -0.3 is 9.84 Å². The fraction of sp³-hybridized carbons (Fsp3) is 0.182. The number of hydrogen-bond acceptors (Lipinski definition) is 3. The molecule has 0 bridgehead atoms. The van der Waals surface area contributed by atoms with Crippen LogP contribution in [0.4, 0.5) is 4.39 Å². The highest BCUT2D eigenvalue weighted by Gasteiger charge is 2.00. The number of hydrogen-bond donors (Lipinski definition) is 1. The van der Waals surface area contributed by atoms with Crippen LogP contribution in [-0.4, -0.2) is 17.7 Å². The molecule has 4 heteroatoms. The maximum atomic E-state index is 12.8. The zero-order valence-corrected chi connectivity index (χ0v) is 8.24.